The molecule has 0 radical (unpaired) electrons. The van der Waals surface area contributed by atoms with Crippen LogP contribution < -0.4 is 25.3 Å². The van der Waals surface area contributed by atoms with Crippen LogP contribution >= 0.6 is 12.4 Å². The van der Waals surface area contributed by atoms with Crippen molar-refractivity contribution in [2.24, 2.45) is 11.7 Å². The van der Waals surface area contributed by atoms with Gasteiger partial charge in [0, 0.05) is 19.0 Å². The van der Waals surface area contributed by atoms with Gasteiger partial charge in [-0.25, -0.2) is 0 Å². The molecule has 3 N–H and O–H groups in total. The first-order valence-electron chi connectivity index (χ1n) is 8.23. The molecule has 0 aliphatic carbocycles. The van der Waals surface area contributed by atoms with Gasteiger partial charge in [0.1, 0.15) is 0 Å². The normalized spacial score (nSPS) is 11.5. The Hall–Kier alpha value is -1.66. The summed E-state index contributed by atoms with van der Waals surface area (Å²) in [5.41, 5.74) is 6.67. The molecule has 0 bridgehead atoms. The molecule has 7 heteroatoms. The predicted molar refractivity (Wildman–Crippen MR) is 102 cm³/mol. The quantitative estimate of drug-likeness (QED) is 0.657. The molecule has 1 amide bonds. The van der Waals surface area contributed by atoms with Gasteiger partial charge in [-0.3, -0.25) is 4.79 Å². The Bertz CT molecular complexity index is 513. The zero-order valence-electron chi connectivity index (χ0n) is 15.8. The first-order chi connectivity index (χ1) is 11.4. The molecule has 1 aromatic carbocycles. The van der Waals surface area contributed by atoms with E-state index in [4.69, 9.17) is 19.9 Å². The van der Waals surface area contributed by atoms with E-state index >= 15 is 0 Å². The Labute approximate surface area is 156 Å². The highest BCUT2D eigenvalue weighted by Gasteiger charge is 2.15. The monoisotopic (exact) mass is 374 g/mol. The number of benzene rings is 1. The number of nitrogens with one attached hydrogen (secondary N) is 1. The molecule has 0 spiro atoms. The molecule has 144 valence electrons. The van der Waals surface area contributed by atoms with Crippen molar-refractivity contribution in [1.29, 1.82) is 0 Å². The molecule has 0 fully saturated rings. The molecule has 0 aliphatic rings. The molecule has 6 nitrogen and oxygen atoms in total. The number of methoxy groups -OCH3 is 3. The van der Waals surface area contributed by atoms with Crippen LogP contribution in [0.2, 0.25) is 0 Å². The van der Waals surface area contributed by atoms with Crippen molar-refractivity contribution in [3.8, 4) is 17.2 Å². The first-order valence-corrected chi connectivity index (χ1v) is 8.23. The zero-order chi connectivity index (χ0) is 18.1. The van der Waals surface area contributed by atoms with E-state index in [1.54, 1.807) is 21.3 Å². The van der Waals surface area contributed by atoms with Crippen molar-refractivity contribution in [2.75, 3.05) is 27.9 Å². The van der Waals surface area contributed by atoms with Crippen LogP contribution in [0.5, 0.6) is 17.2 Å². The standard InChI is InChI=1S/C18H30N2O4.ClH/c1-12(2)8-14(11-19)20-17(21)7-6-13-9-15(22-3)18(24-5)16(10-13)23-4;/h9-10,12,14H,6-8,11,19H2,1-5H3,(H,20,21);1H. The van der Waals surface area contributed by atoms with Gasteiger partial charge in [-0.1, -0.05) is 13.8 Å². The highest BCUT2D eigenvalue weighted by Crippen LogP contribution is 2.38. The third-order valence-corrected chi connectivity index (χ3v) is 3.77. The number of carbonyl (C=O) groups is 1. The Kier molecular flexibility index (Phi) is 11.0. The predicted octanol–water partition coefficient (Wildman–Crippen LogP) is 2.56. The van der Waals surface area contributed by atoms with Crippen LogP contribution in [0.25, 0.3) is 0 Å². The van der Waals surface area contributed by atoms with Gasteiger partial charge in [0.2, 0.25) is 11.7 Å². The van der Waals surface area contributed by atoms with Gasteiger partial charge in [-0.15, -0.1) is 12.4 Å². The van der Waals surface area contributed by atoms with Crippen LogP contribution in [0.1, 0.15) is 32.3 Å². The molecular weight excluding hydrogens is 344 g/mol. The lowest BCUT2D eigenvalue weighted by atomic mass is 10.0. The summed E-state index contributed by atoms with van der Waals surface area (Å²) in [7, 11) is 4.71. The smallest absolute Gasteiger partial charge is 0.220 e. The number of amides is 1. The van der Waals surface area contributed by atoms with Crippen molar-refractivity contribution in [1.82, 2.24) is 5.32 Å². The number of ether oxygens (including phenoxy) is 3. The van der Waals surface area contributed by atoms with Gasteiger partial charge in [0.05, 0.1) is 21.3 Å². The van der Waals surface area contributed by atoms with Crippen molar-refractivity contribution < 1.29 is 19.0 Å². The maximum Gasteiger partial charge on any atom is 0.220 e. The first kappa shape index (κ1) is 23.3. The van der Waals surface area contributed by atoms with E-state index in [0.717, 1.165) is 12.0 Å². The lowest BCUT2D eigenvalue weighted by Gasteiger charge is -2.19. The Morgan fingerprint density at radius 1 is 1.12 bits per heavy atom. The second kappa shape index (κ2) is 11.8. The number of hydrogen-bond acceptors (Lipinski definition) is 5. The minimum atomic E-state index is -0.000137. The van der Waals surface area contributed by atoms with Gasteiger partial charge in [0.25, 0.3) is 0 Å². The summed E-state index contributed by atoms with van der Waals surface area (Å²) in [6.07, 6.45) is 1.85. The summed E-state index contributed by atoms with van der Waals surface area (Å²) in [6, 6.07) is 3.75. The molecule has 1 rings (SSSR count). The highest BCUT2D eigenvalue weighted by atomic mass is 35.5. The summed E-state index contributed by atoms with van der Waals surface area (Å²) in [5, 5.41) is 3.00. The number of aryl methyl sites for hydroxylation is 1. The SMILES string of the molecule is COc1cc(CCC(=O)NC(CN)CC(C)C)cc(OC)c1OC.Cl. The van der Waals surface area contributed by atoms with Crippen molar-refractivity contribution >= 4 is 18.3 Å². The average molecular weight is 375 g/mol. The third-order valence-electron chi connectivity index (χ3n) is 3.77. The Morgan fingerprint density at radius 2 is 1.68 bits per heavy atom. The summed E-state index contributed by atoms with van der Waals surface area (Å²) >= 11 is 0. The van der Waals surface area contributed by atoms with Gasteiger partial charge in [-0.2, -0.15) is 0 Å². The minimum absolute atomic E-state index is 0. The summed E-state index contributed by atoms with van der Waals surface area (Å²) in [6.45, 7) is 4.68. The van der Waals surface area contributed by atoms with Crippen molar-refractivity contribution in [3.63, 3.8) is 0 Å². The van der Waals surface area contributed by atoms with Gasteiger partial charge in [0.15, 0.2) is 11.5 Å². The van der Waals surface area contributed by atoms with E-state index in [1.807, 2.05) is 12.1 Å². The zero-order valence-corrected chi connectivity index (χ0v) is 16.6. The molecule has 0 saturated carbocycles. The van der Waals surface area contributed by atoms with E-state index in [-0.39, 0.29) is 24.4 Å². The molecular formula is C18H31ClN2O4. The molecule has 0 heterocycles. The molecule has 1 atom stereocenters. The fourth-order valence-electron chi connectivity index (χ4n) is 2.62. The number of carbonyl (C=O) groups excluding carboxylic acids is 1. The molecule has 0 saturated heterocycles. The Morgan fingerprint density at radius 3 is 2.08 bits per heavy atom. The van der Waals surface area contributed by atoms with Crippen LogP contribution in [0.15, 0.2) is 12.1 Å². The van der Waals surface area contributed by atoms with Crippen LogP contribution in [0.4, 0.5) is 0 Å². The second-order valence-electron chi connectivity index (χ2n) is 6.16. The summed E-state index contributed by atoms with van der Waals surface area (Å²) in [5.74, 6) is 2.22. The van der Waals surface area contributed by atoms with Crippen molar-refractivity contribution in [3.05, 3.63) is 17.7 Å². The topological polar surface area (TPSA) is 82.8 Å². The second-order valence-corrected chi connectivity index (χ2v) is 6.16. The van der Waals surface area contributed by atoms with Crippen molar-refractivity contribution in [2.45, 2.75) is 39.2 Å². The molecule has 0 aromatic heterocycles. The number of rotatable bonds is 10. The summed E-state index contributed by atoms with van der Waals surface area (Å²) in [4.78, 5) is 12.1. The number of nitrogens with two attached hydrogens (primary N) is 1. The fraction of sp³-hybridized carbons (Fsp3) is 0.611. The summed E-state index contributed by atoms with van der Waals surface area (Å²) < 4.78 is 16.0. The number of hydrogen-bond donors (Lipinski definition) is 2. The molecule has 1 unspecified atom stereocenters. The minimum Gasteiger partial charge on any atom is -0.493 e. The fourth-order valence-corrected chi connectivity index (χ4v) is 2.62. The lowest BCUT2D eigenvalue weighted by molar-refractivity contribution is -0.121. The van der Waals surface area contributed by atoms with Crippen LogP contribution in [0.3, 0.4) is 0 Å². The maximum absolute atomic E-state index is 12.1. The van der Waals surface area contributed by atoms with E-state index in [1.165, 1.54) is 0 Å². The van der Waals surface area contributed by atoms with Gasteiger partial charge < -0.3 is 25.3 Å². The molecule has 1 aromatic rings. The van der Waals surface area contributed by atoms with Gasteiger partial charge in [-0.05, 0) is 36.5 Å². The van der Waals surface area contributed by atoms with Crippen LogP contribution in [-0.4, -0.2) is 39.8 Å². The van der Waals surface area contributed by atoms with E-state index in [9.17, 15) is 4.79 Å². The van der Waals surface area contributed by atoms with E-state index < -0.39 is 0 Å². The number of halogens is 1. The maximum atomic E-state index is 12.1. The lowest BCUT2D eigenvalue weighted by Crippen LogP contribution is -2.41. The highest BCUT2D eigenvalue weighted by molar-refractivity contribution is 5.85. The van der Waals surface area contributed by atoms with Crippen LogP contribution in [-0.2, 0) is 11.2 Å². The van der Waals surface area contributed by atoms with E-state index in [2.05, 4.69) is 19.2 Å². The largest absolute Gasteiger partial charge is 0.493 e. The van der Waals surface area contributed by atoms with Crippen LogP contribution in [0, 0.1) is 5.92 Å². The van der Waals surface area contributed by atoms with Gasteiger partial charge >= 0.3 is 0 Å². The average Bonchev–Trinajstić information content (AvgIpc) is 2.57. The Balaban J connectivity index is 0.00000576. The molecule has 0 aliphatic heterocycles. The molecule has 25 heavy (non-hydrogen) atoms. The third kappa shape index (κ3) is 7.40. The van der Waals surface area contributed by atoms with E-state index in [0.29, 0.717) is 42.6 Å².